The van der Waals surface area contributed by atoms with Crippen LogP contribution in [0.25, 0.3) is 10.9 Å². The molecule has 1 aromatic carbocycles. The van der Waals surface area contributed by atoms with E-state index in [1.807, 2.05) is 0 Å². The highest BCUT2D eigenvalue weighted by Gasteiger charge is 2.17. The molecule has 11 heteroatoms. The number of phenolic OH excluding ortho intramolecular Hbond substituents is 1. The van der Waals surface area contributed by atoms with Gasteiger partial charge in [-0.1, -0.05) is 0 Å². The van der Waals surface area contributed by atoms with E-state index >= 15 is 0 Å². The molecule has 1 aromatic heterocycles. The Morgan fingerprint density at radius 2 is 1.90 bits per heavy atom. The second-order valence-electron chi connectivity index (χ2n) is 3.52. The zero-order valence-corrected chi connectivity index (χ0v) is 13.3. The van der Waals surface area contributed by atoms with Crippen LogP contribution < -0.4 is 16.5 Å². The third-order valence-corrected chi connectivity index (χ3v) is 3.81. The van der Waals surface area contributed by atoms with E-state index in [0.29, 0.717) is 3.57 Å². The minimum atomic E-state index is -4.55. The minimum Gasteiger partial charge on any atom is -0.744 e. The minimum absolute atomic E-state index is 0. The Kier molecular flexibility index (Phi) is 6.75. The summed E-state index contributed by atoms with van der Waals surface area (Å²) in [6.07, 6.45) is 1.54. The van der Waals surface area contributed by atoms with Crippen LogP contribution in [0, 0.1) is 3.57 Å². The lowest BCUT2D eigenvalue weighted by Gasteiger charge is -2.09. The normalized spacial score (nSPS) is 10.2. The van der Waals surface area contributed by atoms with Gasteiger partial charge in [-0.3, -0.25) is 0 Å². The average Bonchev–Trinajstić information content (AvgIpc) is 2.32. The maximum absolute atomic E-state index is 11.1. The monoisotopic (exact) mass is 429 g/mol. The lowest BCUT2D eigenvalue weighted by atomic mass is 10.2. The molecule has 116 valence electrons. The standard InChI is InChI=1S/C9H6INO4S.CH4N2O.H2O/c10-6-4-7(16(13,14)15)5-2-1-3-11-8(5)9(6)12;2-1(3)4;/h1-4,12H,(H,13,14,15);(H4,2,3,4);1H2. The van der Waals surface area contributed by atoms with E-state index in [2.05, 4.69) is 16.5 Å². The van der Waals surface area contributed by atoms with Crippen LogP contribution in [-0.4, -0.2) is 29.6 Å². The summed E-state index contributed by atoms with van der Waals surface area (Å²) in [5, 5.41) is 9.90. The molecular formula is C10H12IN3O6S. The van der Waals surface area contributed by atoms with Crippen molar-refractivity contribution in [1.82, 2.24) is 0 Å². The summed E-state index contributed by atoms with van der Waals surface area (Å²) in [5.74, 6) is -0.0661. The van der Waals surface area contributed by atoms with Gasteiger partial charge in [0.05, 0.1) is 13.9 Å². The summed E-state index contributed by atoms with van der Waals surface area (Å²) < 4.78 is 33.5. The first kappa shape index (κ1) is 19.3. The number of hydrogen-bond acceptors (Lipinski definition) is 5. The lowest BCUT2D eigenvalue weighted by Crippen LogP contribution is -2.18. The van der Waals surface area contributed by atoms with Crippen molar-refractivity contribution in [2.24, 2.45) is 11.5 Å². The van der Waals surface area contributed by atoms with E-state index in [0.717, 1.165) is 6.07 Å². The van der Waals surface area contributed by atoms with E-state index in [1.54, 1.807) is 34.9 Å². The number of nitrogens with one attached hydrogen (secondary N) is 1. The van der Waals surface area contributed by atoms with Gasteiger partial charge in [-0.25, -0.2) is 18.2 Å². The fourth-order valence-corrected chi connectivity index (χ4v) is 2.92. The fourth-order valence-electron chi connectivity index (χ4n) is 1.43. The lowest BCUT2D eigenvalue weighted by molar-refractivity contribution is -0.345. The Morgan fingerprint density at radius 1 is 1.38 bits per heavy atom. The van der Waals surface area contributed by atoms with Crippen LogP contribution in [0.3, 0.4) is 0 Å². The molecule has 0 spiro atoms. The Morgan fingerprint density at radius 3 is 2.38 bits per heavy atom. The van der Waals surface area contributed by atoms with E-state index in [4.69, 9.17) is 4.79 Å². The molecule has 0 radical (unpaired) electrons. The molecule has 0 unspecified atom stereocenters. The number of carbonyl (C=O) groups is 1. The number of fused-ring (bicyclic) bond motifs is 1. The van der Waals surface area contributed by atoms with Gasteiger partial charge in [-0.2, -0.15) is 0 Å². The summed E-state index contributed by atoms with van der Waals surface area (Å²) in [6, 6.07) is 3.35. The van der Waals surface area contributed by atoms with Crippen molar-refractivity contribution < 1.29 is 33.3 Å². The molecule has 0 fully saturated rings. The topological polar surface area (TPSA) is 192 Å². The number of halogens is 1. The van der Waals surface area contributed by atoms with Crippen molar-refractivity contribution in [3.05, 3.63) is 28.0 Å². The number of rotatable bonds is 1. The van der Waals surface area contributed by atoms with Crippen molar-refractivity contribution in [3.63, 3.8) is 0 Å². The van der Waals surface area contributed by atoms with Gasteiger partial charge in [0.15, 0.2) is 6.20 Å². The molecule has 2 aromatic rings. The Hall–Kier alpha value is -1.70. The highest BCUT2D eigenvalue weighted by molar-refractivity contribution is 14.1. The van der Waals surface area contributed by atoms with Gasteiger partial charge in [0.25, 0.3) is 5.52 Å². The number of nitrogens with two attached hydrogens (primary N) is 2. The number of aromatic hydroxyl groups is 1. The number of phenols is 1. The Balaban J connectivity index is 0.000000715. The molecule has 0 saturated carbocycles. The van der Waals surface area contributed by atoms with Crippen LogP contribution in [0.1, 0.15) is 0 Å². The van der Waals surface area contributed by atoms with E-state index in [-0.39, 0.29) is 27.0 Å². The van der Waals surface area contributed by atoms with Crippen LogP contribution in [0.5, 0.6) is 5.75 Å². The zero-order chi connectivity index (χ0) is 15.5. The van der Waals surface area contributed by atoms with Crippen molar-refractivity contribution >= 4 is 49.6 Å². The SMILES string of the molecule is NC(N)=O.O.O=S(=O)([O-])c1cc(I)c(O)c2[nH+]cccc12. The van der Waals surface area contributed by atoms with Crippen LogP contribution >= 0.6 is 22.6 Å². The Labute approximate surface area is 133 Å². The van der Waals surface area contributed by atoms with Crippen molar-refractivity contribution in [2.75, 3.05) is 0 Å². The molecule has 0 bridgehead atoms. The van der Waals surface area contributed by atoms with Crippen molar-refractivity contribution in [3.8, 4) is 5.75 Å². The molecule has 8 N–H and O–H groups in total. The number of benzene rings is 1. The predicted molar refractivity (Wildman–Crippen MR) is 80.2 cm³/mol. The van der Waals surface area contributed by atoms with Crippen molar-refractivity contribution in [2.45, 2.75) is 4.90 Å². The van der Waals surface area contributed by atoms with Crippen LogP contribution in [0.4, 0.5) is 4.79 Å². The number of pyridine rings is 1. The maximum Gasteiger partial charge on any atom is 0.309 e. The molecule has 9 nitrogen and oxygen atoms in total. The molecule has 21 heavy (non-hydrogen) atoms. The first-order valence-corrected chi connectivity index (χ1v) is 7.46. The van der Waals surface area contributed by atoms with Gasteiger partial charge in [0.2, 0.25) is 5.75 Å². The molecule has 2 amide bonds. The second-order valence-corrected chi connectivity index (χ2v) is 6.03. The number of hydrogen-bond donors (Lipinski definition) is 3. The molecule has 2 rings (SSSR count). The first-order valence-electron chi connectivity index (χ1n) is 4.97. The number of H-pyrrole nitrogens is 1. The molecule has 0 aliphatic heterocycles. The Bertz CT molecular complexity index is 761. The number of aromatic nitrogens is 1. The molecular weight excluding hydrogens is 417 g/mol. The number of urea groups is 1. The maximum atomic E-state index is 11.1. The van der Waals surface area contributed by atoms with Gasteiger partial charge in [-0.15, -0.1) is 0 Å². The summed E-state index contributed by atoms with van der Waals surface area (Å²) in [7, 11) is -4.55. The number of aromatic amines is 1. The van der Waals surface area contributed by atoms with Crippen LogP contribution in [0.15, 0.2) is 29.3 Å². The first-order chi connectivity index (χ1) is 9.14. The number of carbonyl (C=O) groups excluding carboxylic acids is 1. The summed E-state index contributed by atoms with van der Waals surface area (Å²) in [6.45, 7) is 0. The third kappa shape index (κ3) is 4.96. The third-order valence-electron chi connectivity index (χ3n) is 2.11. The van der Waals surface area contributed by atoms with Gasteiger partial charge in [0, 0.05) is 6.07 Å². The number of primary amides is 2. The molecule has 0 aliphatic carbocycles. The quantitative estimate of drug-likeness (QED) is 0.389. The highest BCUT2D eigenvalue weighted by Crippen LogP contribution is 2.31. The summed E-state index contributed by atoms with van der Waals surface area (Å²) in [5.41, 5.74) is 8.74. The number of amides is 2. The molecule has 1 heterocycles. The van der Waals surface area contributed by atoms with Crippen molar-refractivity contribution in [1.29, 1.82) is 0 Å². The highest BCUT2D eigenvalue weighted by atomic mass is 127. The van der Waals surface area contributed by atoms with Gasteiger partial charge >= 0.3 is 6.03 Å². The van der Waals surface area contributed by atoms with E-state index in [9.17, 15) is 18.1 Å². The summed E-state index contributed by atoms with van der Waals surface area (Å²) >= 11 is 1.76. The van der Waals surface area contributed by atoms with Gasteiger partial charge in [0.1, 0.15) is 10.1 Å². The van der Waals surface area contributed by atoms with E-state index < -0.39 is 16.1 Å². The van der Waals surface area contributed by atoms with Crippen LogP contribution in [0.2, 0.25) is 0 Å². The smallest absolute Gasteiger partial charge is 0.309 e. The molecule has 0 saturated heterocycles. The predicted octanol–water partition coefficient (Wildman–Crippen LogP) is -0.933. The van der Waals surface area contributed by atoms with Gasteiger partial charge < -0.3 is 26.6 Å². The van der Waals surface area contributed by atoms with E-state index in [1.165, 1.54) is 6.07 Å². The van der Waals surface area contributed by atoms with Crippen LogP contribution in [-0.2, 0) is 10.1 Å². The zero-order valence-electron chi connectivity index (χ0n) is 10.3. The molecule has 0 aliphatic rings. The molecule has 0 atom stereocenters. The van der Waals surface area contributed by atoms with Gasteiger partial charge in [-0.05, 0) is 34.7 Å². The average molecular weight is 429 g/mol. The second kappa shape index (κ2) is 7.35. The fraction of sp³-hybridized carbons (Fsp3) is 0. The summed E-state index contributed by atoms with van der Waals surface area (Å²) in [4.78, 5) is 11.4. The largest absolute Gasteiger partial charge is 0.744 e.